The number of aromatic nitrogens is 1. The monoisotopic (exact) mass is 278 g/mol. The summed E-state index contributed by atoms with van der Waals surface area (Å²) in [6.07, 6.45) is -0.655. The van der Waals surface area contributed by atoms with E-state index in [0.717, 1.165) is 5.56 Å². The minimum Gasteiger partial charge on any atom is -0.495 e. The van der Waals surface area contributed by atoms with Gasteiger partial charge in [0.25, 0.3) is 0 Å². The van der Waals surface area contributed by atoms with Gasteiger partial charge in [-0.15, -0.1) is 0 Å². The number of rotatable bonds is 7. The second-order valence-corrected chi connectivity index (χ2v) is 3.96. The Morgan fingerprint density at radius 3 is 2.68 bits per heavy atom. The summed E-state index contributed by atoms with van der Waals surface area (Å²) in [5.41, 5.74) is 0.845. The molecular weight excluding hydrogens is 261 g/mol. The lowest BCUT2D eigenvalue weighted by Gasteiger charge is -2.17. The van der Waals surface area contributed by atoms with Crippen molar-refractivity contribution in [2.24, 2.45) is 0 Å². The van der Waals surface area contributed by atoms with E-state index in [9.17, 15) is 13.2 Å². The molecule has 0 radical (unpaired) electrons. The third kappa shape index (κ3) is 5.89. The molecule has 0 aliphatic carbocycles. The summed E-state index contributed by atoms with van der Waals surface area (Å²) < 4.78 is 45.4. The molecular formula is C12H17F3N2O2. The van der Waals surface area contributed by atoms with Gasteiger partial charge in [-0.25, -0.2) is 0 Å². The van der Waals surface area contributed by atoms with Crippen molar-refractivity contribution in [2.45, 2.75) is 18.6 Å². The fourth-order valence-corrected chi connectivity index (χ4v) is 1.60. The van der Waals surface area contributed by atoms with E-state index in [1.54, 1.807) is 25.5 Å². The van der Waals surface area contributed by atoms with Crippen LogP contribution in [0.4, 0.5) is 13.2 Å². The average Bonchev–Trinajstić information content (AvgIpc) is 2.37. The standard InChI is InChI=1S/C12H17F3N2O2/c1-16-11(3-4-19-8-12(13,14)15)9-5-10(18-2)7-17-6-9/h5-7,11,16H,3-4,8H2,1-2H3. The molecule has 0 aliphatic heterocycles. The van der Waals surface area contributed by atoms with E-state index < -0.39 is 12.8 Å². The summed E-state index contributed by atoms with van der Waals surface area (Å²) in [5.74, 6) is 0.606. The summed E-state index contributed by atoms with van der Waals surface area (Å²) in [6.45, 7) is -1.21. The Labute approximate surface area is 109 Å². The Balaban J connectivity index is 2.48. The maximum atomic E-state index is 11.9. The van der Waals surface area contributed by atoms with Gasteiger partial charge in [0, 0.05) is 18.8 Å². The first-order valence-electron chi connectivity index (χ1n) is 5.77. The predicted molar refractivity (Wildman–Crippen MR) is 64.1 cm³/mol. The molecule has 0 aliphatic rings. The summed E-state index contributed by atoms with van der Waals surface area (Å²) in [4.78, 5) is 4.01. The van der Waals surface area contributed by atoms with Crippen LogP contribution in [0.5, 0.6) is 5.75 Å². The van der Waals surface area contributed by atoms with E-state index in [1.807, 2.05) is 0 Å². The minimum atomic E-state index is -4.29. The van der Waals surface area contributed by atoms with Crippen LogP contribution in [-0.2, 0) is 4.74 Å². The molecule has 7 heteroatoms. The van der Waals surface area contributed by atoms with Crippen molar-refractivity contribution in [1.29, 1.82) is 0 Å². The van der Waals surface area contributed by atoms with Gasteiger partial charge in [-0.1, -0.05) is 0 Å². The Morgan fingerprint density at radius 1 is 1.37 bits per heavy atom. The van der Waals surface area contributed by atoms with Gasteiger partial charge in [0.15, 0.2) is 0 Å². The highest BCUT2D eigenvalue weighted by Gasteiger charge is 2.27. The zero-order valence-corrected chi connectivity index (χ0v) is 10.8. The number of hydrogen-bond acceptors (Lipinski definition) is 4. The Kier molecular flexibility index (Phi) is 6.04. The van der Waals surface area contributed by atoms with Gasteiger partial charge in [-0.2, -0.15) is 13.2 Å². The summed E-state index contributed by atoms with van der Waals surface area (Å²) in [7, 11) is 3.26. The molecule has 0 bridgehead atoms. The van der Waals surface area contributed by atoms with E-state index >= 15 is 0 Å². The zero-order chi connectivity index (χ0) is 14.3. The van der Waals surface area contributed by atoms with Crippen molar-refractivity contribution in [3.8, 4) is 5.75 Å². The molecule has 1 atom stereocenters. The van der Waals surface area contributed by atoms with Crippen molar-refractivity contribution < 1.29 is 22.6 Å². The van der Waals surface area contributed by atoms with Crippen LogP contribution in [0, 0.1) is 0 Å². The Morgan fingerprint density at radius 2 is 2.11 bits per heavy atom. The lowest BCUT2D eigenvalue weighted by molar-refractivity contribution is -0.174. The molecule has 0 amide bonds. The minimum absolute atomic E-state index is 0.0161. The summed E-state index contributed by atoms with van der Waals surface area (Å²) >= 11 is 0. The molecule has 1 rings (SSSR count). The van der Waals surface area contributed by atoms with E-state index in [0.29, 0.717) is 12.2 Å². The molecule has 108 valence electrons. The lowest BCUT2D eigenvalue weighted by atomic mass is 10.1. The second kappa shape index (κ2) is 7.30. The molecule has 1 unspecified atom stereocenters. The van der Waals surface area contributed by atoms with Crippen LogP contribution in [0.3, 0.4) is 0 Å². The van der Waals surface area contributed by atoms with Crippen molar-refractivity contribution in [3.05, 3.63) is 24.0 Å². The molecule has 19 heavy (non-hydrogen) atoms. The average molecular weight is 278 g/mol. The number of nitrogens with one attached hydrogen (secondary N) is 1. The maximum Gasteiger partial charge on any atom is 0.411 e. The van der Waals surface area contributed by atoms with Crippen LogP contribution in [0.1, 0.15) is 18.0 Å². The smallest absolute Gasteiger partial charge is 0.411 e. The van der Waals surface area contributed by atoms with Gasteiger partial charge >= 0.3 is 6.18 Å². The SMILES string of the molecule is CNC(CCOCC(F)(F)F)c1cncc(OC)c1. The van der Waals surface area contributed by atoms with Crippen LogP contribution in [0.2, 0.25) is 0 Å². The number of ether oxygens (including phenoxy) is 2. The quantitative estimate of drug-likeness (QED) is 0.777. The molecule has 0 fully saturated rings. The van der Waals surface area contributed by atoms with E-state index in [2.05, 4.69) is 15.0 Å². The van der Waals surface area contributed by atoms with Crippen molar-refractivity contribution in [2.75, 3.05) is 27.4 Å². The fourth-order valence-electron chi connectivity index (χ4n) is 1.60. The number of pyridine rings is 1. The highest BCUT2D eigenvalue weighted by Crippen LogP contribution is 2.20. The Bertz CT molecular complexity index is 385. The van der Waals surface area contributed by atoms with E-state index in [-0.39, 0.29) is 12.6 Å². The maximum absolute atomic E-state index is 11.9. The molecule has 0 saturated heterocycles. The first-order chi connectivity index (χ1) is 8.96. The highest BCUT2D eigenvalue weighted by molar-refractivity contribution is 5.25. The summed E-state index contributed by atoms with van der Waals surface area (Å²) in [5, 5.41) is 3.01. The van der Waals surface area contributed by atoms with Gasteiger partial charge in [0.2, 0.25) is 0 Å². The first-order valence-corrected chi connectivity index (χ1v) is 5.77. The topological polar surface area (TPSA) is 43.4 Å². The normalized spacial score (nSPS) is 13.3. The van der Waals surface area contributed by atoms with Gasteiger partial charge < -0.3 is 14.8 Å². The van der Waals surface area contributed by atoms with Gasteiger partial charge in [-0.05, 0) is 25.1 Å². The van der Waals surface area contributed by atoms with Crippen molar-refractivity contribution >= 4 is 0 Å². The third-order valence-corrected chi connectivity index (χ3v) is 2.54. The molecule has 4 nitrogen and oxygen atoms in total. The number of methoxy groups -OCH3 is 1. The molecule has 1 heterocycles. The molecule has 1 N–H and O–H groups in total. The molecule has 0 aromatic carbocycles. The number of nitrogens with zero attached hydrogens (tertiary/aromatic N) is 1. The van der Waals surface area contributed by atoms with Crippen LogP contribution >= 0.6 is 0 Å². The molecule has 1 aromatic rings. The summed E-state index contributed by atoms with van der Waals surface area (Å²) in [6, 6.07) is 1.66. The first kappa shape index (κ1) is 15.7. The zero-order valence-electron chi connectivity index (χ0n) is 10.8. The van der Waals surface area contributed by atoms with Gasteiger partial charge in [-0.3, -0.25) is 4.98 Å². The van der Waals surface area contributed by atoms with Crippen LogP contribution in [-0.4, -0.2) is 38.5 Å². The third-order valence-electron chi connectivity index (χ3n) is 2.54. The molecule has 1 aromatic heterocycles. The Hall–Kier alpha value is -1.34. The largest absolute Gasteiger partial charge is 0.495 e. The van der Waals surface area contributed by atoms with Crippen molar-refractivity contribution in [1.82, 2.24) is 10.3 Å². The predicted octanol–water partition coefficient (Wildman–Crippen LogP) is 2.32. The lowest BCUT2D eigenvalue weighted by Crippen LogP contribution is -2.21. The number of halogens is 3. The van der Waals surface area contributed by atoms with Crippen LogP contribution in [0.25, 0.3) is 0 Å². The van der Waals surface area contributed by atoms with Crippen LogP contribution < -0.4 is 10.1 Å². The van der Waals surface area contributed by atoms with Crippen molar-refractivity contribution in [3.63, 3.8) is 0 Å². The number of hydrogen-bond donors (Lipinski definition) is 1. The number of alkyl halides is 3. The van der Waals surface area contributed by atoms with Crippen LogP contribution in [0.15, 0.2) is 18.5 Å². The van der Waals surface area contributed by atoms with Gasteiger partial charge in [0.05, 0.1) is 13.3 Å². The second-order valence-electron chi connectivity index (χ2n) is 3.96. The molecule has 0 spiro atoms. The highest BCUT2D eigenvalue weighted by atomic mass is 19.4. The van der Waals surface area contributed by atoms with E-state index in [1.165, 1.54) is 7.11 Å². The fraction of sp³-hybridized carbons (Fsp3) is 0.583. The van der Waals surface area contributed by atoms with Gasteiger partial charge in [0.1, 0.15) is 12.4 Å². The van der Waals surface area contributed by atoms with E-state index in [4.69, 9.17) is 4.74 Å². The molecule has 0 saturated carbocycles.